The lowest BCUT2D eigenvalue weighted by Crippen LogP contribution is -1.74. The first-order valence-electron chi connectivity index (χ1n) is 4.52. The van der Waals surface area contributed by atoms with Gasteiger partial charge in [-0.2, -0.15) is 0 Å². The number of nitrogens with one attached hydrogen (secondary N) is 1. The summed E-state index contributed by atoms with van der Waals surface area (Å²) in [5.41, 5.74) is 3.83. The zero-order valence-corrected chi connectivity index (χ0v) is 7.96. The van der Waals surface area contributed by atoms with Gasteiger partial charge in [-0.15, -0.1) is 0 Å². The van der Waals surface area contributed by atoms with Gasteiger partial charge in [-0.3, -0.25) is 0 Å². The fourth-order valence-electron chi connectivity index (χ4n) is 1.55. The lowest BCUT2D eigenvalue weighted by molar-refractivity contribution is 1.45. The Balaban J connectivity index is 2.71. The molecule has 2 aromatic rings. The Morgan fingerprint density at radius 1 is 1.31 bits per heavy atom. The largest absolute Gasteiger partial charge is 0.361 e. The summed E-state index contributed by atoms with van der Waals surface area (Å²) in [5.74, 6) is 0. The number of benzene rings is 1. The lowest BCUT2D eigenvalue weighted by Gasteiger charge is -1.96. The van der Waals surface area contributed by atoms with Gasteiger partial charge in [-0.1, -0.05) is 24.3 Å². The number of allylic oxidation sites excluding steroid dienone is 2. The number of fused-ring (bicyclic) bond motifs is 1. The molecule has 0 aliphatic rings. The van der Waals surface area contributed by atoms with E-state index >= 15 is 0 Å². The highest BCUT2D eigenvalue weighted by atomic mass is 14.7. The Kier molecular flexibility index (Phi) is 1.93. The molecule has 0 aliphatic heterocycles. The van der Waals surface area contributed by atoms with E-state index in [-0.39, 0.29) is 0 Å². The van der Waals surface area contributed by atoms with Gasteiger partial charge in [0, 0.05) is 22.7 Å². The van der Waals surface area contributed by atoms with Gasteiger partial charge in [0.1, 0.15) is 0 Å². The van der Waals surface area contributed by atoms with E-state index < -0.39 is 0 Å². The van der Waals surface area contributed by atoms with Crippen LogP contribution in [0, 0.1) is 0 Å². The summed E-state index contributed by atoms with van der Waals surface area (Å²) in [6, 6.07) is 8.37. The molecule has 0 saturated heterocycles. The summed E-state index contributed by atoms with van der Waals surface area (Å²) in [5, 5.41) is 1.30. The average Bonchev–Trinajstić information content (AvgIpc) is 2.60. The molecule has 1 heterocycles. The maximum Gasteiger partial charge on any atom is 0.0460 e. The Labute approximate surface area is 78.1 Å². The van der Waals surface area contributed by atoms with Gasteiger partial charge in [0.25, 0.3) is 0 Å². The van der Waals surface area contributed by atoms with E-state index in [0.717, 1.165) is 0 Å². The fourth-order valence-corrected chi connectivity index (χ4v) is 1.55. The van der Waals surface area contributed by atoms with Gasteiger partial charge in [-0.05, 0) is 25.5 Å². The van der Waals surface area contributed by atoms with Crippen molar-refractivity contribution in [3.8, 4) is 0 Å². The molecule has 2 rings (SSSR count). The second kappa shape index (κ2) is 3.09. The van der Waals surface area contributed by atoms with Crippen molar-refractivity contribution >= 4 is 16.5 Å². The number of aromatic nitrogens is 1. The maximum atomic E-state index is 3.26. The molecule has 0 radical (unpaired) electrons. The molecule has 0 bridgehead atoms. The molecule has 1 N–H and O–H groups in total. The van der Waals surface area contributed by atoms with E-state index in [1.165, 1.54) is 22.0 Å². The third-order valence-corrected chi connectivity index (χ3v) is 2.45. The number of rotatable bonds is 1. The predicted octanol–water partition coefficient (Wildman–Crippen LogP) is 3.59. The van der Waals surface area contributed by atoms with Crippen LogP contribution in [-0.4, -0.2) is 4.98 Å². The summed E-state index contributed by atoms with van der Waals surface area (Å²) < 4.78 is 0. The van der Waals surface area contributed by atoms with E-state index in [2.05, 4.69) is 49.3 Å². The van der Waals surface area contributed by atoms with E-state index in [1.54, 1.807) is 0 Å². The van der Waals surface area contributed by atoms with Gasteiger partial charge < -0.3 is 4.98 Å². The van der Waals surface area contributed by atoms with Crippen LogP contribution >= 0.6 is 0 Å². The molecular formula is C12H13N. The van der Waals surface area contributed by atoms with Gasteiger partial charge in [0.15, 0.2) is 0 Å². The quantitative estimate of drug-likeness (QED) is 0.674. The number of hydrogen-bond donors (Lipinski definition) is 1. The highest BCUT2D eigenvalue weighted by Crippen LogP contribution is 2.23. The second-order valence-corrected chi connectivity index (χ2v) is 3.22. The van der Waals surface area contributed by atoms with Crippen molar-refractivity contribution in [1.82, 2.24) is 4.98 Å². The molecular weight excluding hydrogens is 158 g/mol. The van der Waals surface area contributed by atoms with Crippen LogP contribution in [0.4, 0.5) is 0 Å². The van der Waals surface area contributed by atoms with Crippen LogP contribution in [0.3, 0.4) is 0 Å². The first-order chi connectivity index (χ1) is 6.33. The third kappa shape index (κ3) is 1.26. The van der Waals surface area contributed by atoms with Crippen molar-refractivity contribution in [2.75, 3.05) is 0 Å². The molecule has 0 spiro atoms. The molecule has 0 fully saturated rings. The molecule has 1 aromatic carbocycles. The Morgan fingerprint density at radius 3 is 2.85 bits per heavy atom. The number of para-hydroxylation sites is 1. The summed E-state index contributed by atoms with van der Waals surface area (Å²) in [4.78, 5) is 3.26. The van der Waals surface area contributed by atoms with Crippen LogP contribution in [0.25, 0.3) is 16.5 Å². The van der Waals surface area contributed by atoms with Crippen molar-refractivity contribution in [1.29, 1.82) is 0 Å². The number of hydrogen-bond acceptors (Lipinski definition) is 0. The van der Waals surface area contributed by atoms with Gasteiger partial charge >= 0.3 is 0 Å². The first-order valence-corrected chi connectivity index (χ1v) is 4.52. The van der Waals surface area contributed by atoms with E-state index in [1.807, 2.05) is 6.07 Å². The number of H-pyrrole nitrogens is 1. The highest BCUT2D eigenvalue weighted by Gasteiger charge is 2.02. The van der Waals surface area contributed by atoms with Crippen LogP contribution in [0.5, 0.6) is 0 Å². The van der Waals surface area contributed by atoms with Crippen LogP contribution in [-0.2, 0) is 0 Å². The minimum atomic E-state index is 1.21. The number of aromatic amines is 1. The Hall–Kier alpha value is -1.50. The monoisotopic (exact) mass is 171 g/mol. The summed E-state index contributed by atoms with van der Waals surface area (Å²) in [6.07, 6.45) is 4.20. The lowest BCUT2D eigenvalue weighted by atomic mass is 10.1. The summed E-state index contributed by atoms with van der Waals surface area (Å²) >= 11 is 0. The van der Waals surface area contributed by atoms with Crippen molar-refractivity contribution in [3.63, 3.8) is 0 Å². The predicted molar refractivity (Wildman–Crippen MR) is 57.6 cm³/mol. The molecule has 1 nitrogen and oxygen atoms in total. The van der Waals surface area contributed by atoms with Crippen LogP contribution < -0.4 is 0 Å². The Morgan fingerprint density at radius 2 is 2.08 bits per heavy atom. The first kappa shape index (κ1) is 8.11. The third-order valence-electron chi connectivity index (χ3n) is 2.45. The minimum absolute atomic E-state index is 1.21. The molecule has 1 aromatic heterocycles. The second-order valence-electron chi connectivity index (χ2n) is 3.22. The van der Waals surface area contributed by atoms with Gasteiger partial charge in [-0.25, -0.2) is 0 Å². The summed E-state index contributed by atoms with van der Waals surface area (Å²) in [7, 11) is 0. The van der Waals surface area contributed by atoms with Crippen molar-refractivity contribution in [2.24, 2.45) is 0 Å². The molecule has 0 saturated carbocycles. The van der Waals surface area contributed by atoms with Crippen LogP contribution in [0.15, 0.2) is 36.5 Å². The van der Waals surface area contributed by atoms with E-state index in [9.17, 15) is 0 Å². The molecule has 1 heteroatoms. The summed E-state index contributed by atoms with van der Waals surface area (Å²) in [6.45, 7) is 4.20. The standard InChI is InChI=1S/C12H13N/c1-3-9(2)11-8-13-12-7-5-4-6-10(11)12/h3-8,13H,1-2H3/b9-3+. The molecule has 0 atom stereocenters. The minimum Gasteiger partial charge on any atom is -0.361 e. The maximum absolute atomic E-state index is 3.26. The zero-order valence-electron chi connectivity index (χ0n) is 7.96. The van der Waals surface area contributed by atoms with E-state index in [0.29, 0.717) is 0 Å². The highest BCUT2D eigenvalue weighted by molar-refractivity contribution is 5.91. The van der Waals surface area contributed by atoms with Crippen LogP contribution in [0.1, 0.15) is 19.4 Å². The molecule has 0 amide bonds. The molecule has 66 valence electrons. The SMILES string of the molecule is C/C=C(\C)c1c[nH]c2ccccc12. The van der Waals surface area contributed by atoms with Gasteiger partial charge in [0.2, 0.25) is 0 Å². The topological polar surface area (TPSA) is 15.8 Å². The average molecular weight is 171 g/mol. The molecule has 13 heavy (non-hydrogen) atoms. The van der Waals surface area contributed by atoms with Gasteiger partial charge in [0.05, 0.1) is 0 Å². The van der Waals surface area contributed by atoms with Crippen molar-refractivity contribution < 1.29 is 0 Å². The van der Waals surface area contributed by atoms with Crippen molar-refractivity contribution in [3.05, 3.63) is 42.1 Å². The fraction of sp³-hybridized carbons (Fsp3) is 0.167. The normalized spacial score (nSPS) is 12.3. The smallest absolute Gasteiger partial charge is 0.0460 e. The molecule has 0 unspecified atom stereocenters. The molecule has 0 aliphatic carbocycles. The van der Waals surface area contributed by atoms with E-state index in [4.69, 9.17) is 0 Å². The van der Waals surface area contributed by atoms with Crippen molar-refractivity contribution in [2.45, 2.75) is 13.8 Å². The Bertz CT molecular complexity index is 449. The van der Waals surface area contributed by atoms with Crippen LogP contribution in [0.2, 0.25) is 0 Å². The zero-order chi connectivity index (χ0) is 9.26.